The number of aliphatic hydroxyl groups is 1. The van der Waals surface area contributed by atoms with Crippen molar-refractivity contribution in [3.05, 3.63) is 82.9 Å². The first-order chi connectivity index (χ1) is 18.3. The van der Waals surface area contributed by atoms with E-state index in [1.54, 1.807) is 61.5 Å². The third kappa shape index (κ3) is 5.02. The molecule has 1 unspecified atom stereocenters. The Balaban J connectivity index is 1.93. The van der Waals surface area contributed by atoms with E-state index >= 15 is 0 Å². The molecule has 1 aliphatic rings. The summed E-state index contributed by atoms with van der Waals surface area (Å²) in [6, 6.07) is 15.6. The molecule has 3 aromatic carbocycles. The summed E-state index contributed by atoms with van der Waals surface area (Å²) >= 11 is 0. The van der Waals surface area contributed by atoms with Crippen LogP contribution in [0.15, 0.2) is 66.2 Å². The van der Waals surface area contributed by atoms with Crippen LogP contribution >= 0.6 is 0 Å². The molecule has 1 aliphatic heterocycles. The van der Waals surface area contributed by atoms with E-state index in [0.717, 1.165) is 5.56 Å². The first-order valence-corrected chi connectivity index (χ1v) is 12.5. The van der Waals surface area contributed by atoms with Gasteiger partial charge in [-0.1, -0.05) is 12.1 Å². The number of anilines is 1. The Morgan fingerprint density at radius 1 is 0.868 bits per heavy atom. The maximum atomic E-state index is 13.5. The van der Waals surface area contributed by atoms with Crippen molar-refractivity contribution in [2.24, 2.45) is 0 Å². The van der Waals surface area contributed by atoms with Crippen molar-refractivity contribution in [1.82, 2.24) is 0 Å². The number of nitrogens with zero attached hydrogens (tertiary/aromatic N) is 1. The summed E-state index contributed by atoms with van der Waals surface area (Å²) in [5, 5.41) is 21.7. The summed E-state index contributed by atoms with van der Waals surface area (Å²) in [5.74, 6) is -0.606. The van der Waals surface area contributed by atoms with Gasteiger partial charge in [0.05, 0.1) is 31.4 Å². The molecule has 1 amide bonds. The molecule has 0 spiro atoms. The molecule has 8 heteroatoms. The molecule has 0 radical (unpaired) electrons. The van der Waals surface area contributed by atoms with Gasteiger partial charge in [-0.25, -0.2) is 0 Å². The Labute approximate surface area is 221 Å². The van der Waals surface area contributed by atoms with Gasteiger partial charge in [0.15, 0.2) is 11.5 Å². The molecule has 0 aromatic heterocycles. The van der Waals surface area contributed by atoms with Crippen LogP contribution in [0.5, 0.6) is 23.0 Å². The highest BCUT2D eigenvalue weighted by Gasteiger charge is 2.47. The van der Waals surface area contributed by atoms with Gasteiger partial charge in [0, 0.05) is 17.3 Å². The SMILES string of the molecule is CCOc1cccc(N2C(=O)C(=O)/C(=C(\O)c3ccc(OCC)c(C)c3)C2c2ccc(O)c(OCC)c2)c1. The van der Waals surface area contributed by atoms with E-state index in [-0.39, 0.29) is 22.8 Å². The minimum absolute atomic E-state index is 0.0755. The first-order valence-electron chi connectivity index (χ1n) is 12.5. The van der Waals surface area contributed by atoms with Crippen molar-refractivity contribution in [3.63, 3.8) is 0 Å². The summed E-state index contributed by atoms with van der Waals surface area (Å²) < 4.78 is 16.8. The highest BCUT2D eigenvalue weighted by atomic mass is 16.5. The van der Waals surface area contributed by atoms with Crippen LogP contribution in [-0.2, 0) is 9.59 Å². The molecule has 3 aromatic rings. The minimum atomic E-state index is -0.987. The number of phenols is 1. The molecular weight excluding hydrogens is 486 g/mol. The Morgan fingerprint density at radius 2 is 1.58 bits per heavy atom. The Kier molecular flexibility index (Phi) is 7.90. The van der Waals surface area contributed by atoms with Crippen LogP contribution < -0.4 is 19.1 Å². The number of hydrogen-bond acceptors (Lipinski definition) is 7. The lowest BCUT2D eigenvalue weighted by Crippen LogP contribution is -2.29. The highest BCUT2D eigenvalue weighted by Crippen LogP contribution is 2.44. The van der Waals surface area contributed by atoms with Crippen molar-refractivity contribution in [2.75, 3.05) is 24.7 Å². The van der Waals surface area contributed by atoms with Gasteiger partial charge >= 0.3 is 0 Å². The van der Waals surface area contributed by atoms with Gasteiger partial charge in [0.25, 0.3) is 11.7 Å². The fourth-order valence-electron chi connectivity index (χ4n) is 4.55. The normalized spacial score (nSPS) is 16.5. The number of ketones is 1. The quantitative estimate of drug-likeness (QED) is 0.219. The average Bonchev–Trinajstić information content (AvgIpc) is 3.17. The number of phenolic OH excluding ortho intramolecular Hbond substituents is 1. The van der Waals surface area contributed by atoms with Gasteiger partial charge in [-0.2, -0.15) is 0 Å². The number of rotatable bonds is 9. The van der Waals surface area contributed by atoms with E-state index in [2.05, 4.69) is 0 Å². The number of ether oxygens (including phenoxy) is 3. The van der Waals surface area contributed by atoms with Crippen LogP contribution in [-0.4, -0.2) is 41.7 Å². The third-order valence-electron chi connectivity index (χ3n) is 6.20. The van der Waals surface area contributed by atoms with Crippen LogP contribution in [0.3, 0.4) is 0 Å². The fraction of sp³-hybridized carbons (Fsp3) is 0.267. The van der Waals surface area contributed by atoms with Crippen LogP contribution in [0.25, 0.3) is 5.76 Å². The molecule has 8 nitrogen and oxygen atoms in total. The van der Waals surface area contributed by atoms with Gasteiger partial charge in [-0.15, -0.1) is 0 Å². The first kappa shape index (κ1) is 26.6. The molecule has 0 aliphatic carbocycles. The largest absolute Gasteiger partial charge is 0.507 e. The van der Waals surface area contributed by atoms with Crippen molar-refractivity contribution < 1.29 is 34.0 Å². The zero-order valence-electron chi connectivity index (χ0n) is 21.9. The number of hydrogen-bond donors (Lipinski definition) is 2. The second-order valence-corrected chi connectivity index (χ2v) is 8.67. The lowest BCUT2D eigenvalue weighted by atomic mass is 9.94. The number of carbonyl (C=O) groups excluding carboxylic acids is 2. The van der Waals surface area contributed by atoms with Gasteiger partial charge in [-0.05, 0) is 81.3 Å². The standard InChI is InChI=1S/C30H31NO7/c1-5-36-22-10-8-9-21(17-22)31-27(19-11-13-23(32)25(16-19)38-7-3)26(29(34)30(31)35)28(33)20-12-14-24(37-6-2)18(4)15-20/h8-17,27,32-33H,5-7H2,1-4H3/b28-26-. The Bertz CT molecular complexity index is 1400. The molecule has 1 atom stereocenters. The summed E-state index contributed by atoms with van der Waals surface area (Å²) in [7, 11) is 0. The topological polar surface area (TPSA) is 106 Å². The van der Waals surface area contributed by atoms with E-state index in [4.69, 9.17) is 14.2 Å². The smallest absolute Gasteiger partial charge is 0.300 e. The summed E-state index contributed by atoms with van der Waals surface area (Å²) in [6.07, 6.45) is 0. The van der Waals surface area contributed by atoms with E-state index in [1.807, 2.05) is 20.8 Å². The molecule has 1 fully saturated rings. The minimum Gasteiger partial charge on any atom is -0.507 e. The predicted octanol–water partition coefficient (Wildman–Crippen LogP) is 5.52. The maximum absolute atomic E-state index is 13.5. The molecule has 38 heavy (non-hydrogen) atoms. The van der Waals surface area contributed by atoms with Crippen molar-refractivity contribution in [2.45, 2.75) is 33.7 Å². The zero-order chi connectivity index (χ0) is 27.4. The second kappa shape index (κ2) is 11.3. The number of aromatic hydroxyl groups is 1. The molecule has 1 saturated heterocycles. The monoisotopic (exact) mass is 517 g/mol. The second-order valence-electron chi connectivity index (χ2n) is 8.67. The fourth-order valence-corrected chi connectivity index (χ4v) is 4.55. The number of aryl methyl sites for hydroxylation is 1. The zero-order valence-corrected chi connectivity index (χ0v) is 21.9. The molecule has 198 valence electrons. The highest BCUT2D eigenvalue weighted by molar-refractivity contribution is 6.51. The summed E-state index contributed by atoms with van der Waals surface area (Å²) in [5.41, 5.74) is 1.98. The van der Waals surface area contributed by atoms with E-state index in [1.165, 1.54) is 11.0 Å². The van der Waals surface area contributed by atoms with E-state index < -0.39 is 17.7 Å². The Hall–Kier alpha value is -4.46. The number of benzene rings is 3. The molecule has 0 saturated carbocycles. The molecular formula is C30H31NO7. The molecule has 1 heterocycles. The van der Waals surface area contributed by atoms with Crippen LogP contribution in [0.2, 0.25) is 0 Å². The van der Waals surface area contributed by atoms with E-state index in [0.29, 0.717) is 48.1 Å². The van der Waals surface area contributed by atoms with Crippen LogP contribution in [0, 0.1) is 6.92 Å². The van der Waals surface area contributed by atoms with Gasteiger partial charge in [-0.3, -0.25) is 14.5 Å². The van der Waals surface area contributed by atoms with Gasteiger partial charge in [0.1, 0.15) is 17.3 Å². The summed E-state index contributed by atoms with van der Waals surface area (Å²) in [6.45, 7) is 8.57. The lowest BCUT2D eigenvalue weighted by Gasteiger charge is -2.26. The maximum Gasteiger partial charge on any atom is 0.300 e. The molecule has 0 bridgehead atoms. The van der Waals surface area contributed by atoms with Crippen molar-refractivity contribution in [1.29, 1.82) is 0 Å². The molecule has 2 N–H and O–H groups in total. The predicted molar refractivity (Wildman–Crippen MR) is 144 cm³/mol. The van der Waals surface area contributed by atoms with Gasteiger partial charge in [0.2, 0.25) is 0 Å². The number of amides is 1. The average molecular weight is 518 g/mol. The third-order valence-corrected chi connectivity index (χ3v) is 6.20. The van der Waals surface area contributed by atoms with Crippen molar-refractivity contribution in [3.8, 4) is 23.0 Å². The van der Waals surface area contributed by atoms with Crippen LogP contribution in [0.1, 0.15) is 43.5 Å². The van der Waals surface area contributed by atoms with Crippen LogP contribution in [0.4, 0.5) is 5.69 Å². The van der Waals surface area contributed by atoms with Crippen molar-refractivity contribution >= 4 is 23.1 Å². The number of aliphatic hydroxyl groups excluding tert-OH is 1. The summed E-state index contributed by atoms with van der Waals surface area (Å²) in [4.78, 5) is 28.3. The number of Topliss-reactive ketones (excluding diaryl/α,β-unsaturated/α-hetero) is 1. The lowest BCUT2D eigenvalue weighted by molar-refractivity contribution is -0.132. The Morgan fingerprint density at radius 3 is 2.26 bits per heavy atom. The number of carbonyl (C=O) groups is 2. The molecule has 4 rings (SSSR count). The van der Waals surface area contributed by atoms with Gasteiger partial charge < -0.3 is 24.4 Å². The van der Waals surface area contributed by atoms with E-state index in [9.17, 15) is 19.8 Å².